The number of amides is 4. The fourth-order valence-electron chi connectivity index (χ4n) is 4.30. The van der Waals surface area contributed by atoms with Crippen LogP contribution in [0, 0.1) is 0 Å². The zero-order chi connectivity index (χ0) is 20.5. The molecule has 0 spiro atoms. The number of nitrogens with zero attached hydrogens (tertiary/aromatic N) is 3. The molecule has 4 amide bonds. The minimum Gasteiger partial charge on any atom is -0.352 e. The third kappa shape index (κ3) is 3.89. The molecule has 1 aromatic heterocycles. The third-order valence-corrected chi connectivity index (χ3v) is 6.61. The molecule has 2 N–H and O–H groups in total. The van der Waals surface area contributed by atoms with Gasteiger partial charge in [0.05, 0.1) is 23.9 Å². The van der Waals surface area contributed by atoms with E-state index in [0.29, 0.717) is 17.8 Å². The van der Waals surface area contributed by atoms with Gasteiger partial charge in [-0.15, -0.1) is 0 Å². The van der Waals surface area contributed by atoms with Crippen molar-refractivity contribution in [2.75, 3.05) is 39.8 Å². The van der Waals surface area contributed by atoms with Crippen LogP contribution in [0.2, 0.25) is 0 Å². The molecule has 3 aliphatic rings. The van der Waals surface area contributed by atoms with E-state index in [1.807, 2.05) is 23.8 Å². The van der Waals surface area contributed by atoms with Crippen molar-refractivity contribution in [1.29, 1.82) is 0 Å². The Morgan fingerprint density at radius 1 is 1.31 bits per heavy atom. The first-order chi connectivity index (χ1) is 14.0. The summed E-state index contributed by atoms with van der Waals surface area (Å²) in [6.07, 6.45) is 1.85. The summed E-state index contributed by atoms with van der Waals surface area (Å²) in [6.45, 7) is 4.59. The lowest BCUT2D eigenvalue weighted by Gasteiger charge is -2.32. The maximum atomic E-state index is 13.2. The van der Waals surface area contributed by atoms with Crippen LogP contribution in [0.5, 0.6) is 0 Å². The summed E-state index contributed by atoms with van der Waals surface area (Å²) in [4.78, 5) is 43.8. The summed E-state index contributed by atoms with van der Waals surface area (Å²) in [7, 11) is 2.08. The number of rotatable bonds is 5. The van der Waals surface area contributed by atoms with E-state index in [1.165, 1.54) is 11.3 Å². The van der Waals surface area contributed by atoms with Gasteiger partial charge in [-0.3, -0.25) is 14.5 Å². The van der Waals surface area contributed by atoms with Gasteiger partial charge < -0.3 is 20.4 Å². The molecule has 4 heterocycles. The second kappa shape index (κ2) is 8.16. The SMILES string of the molecule is CCN1C(=O)NC(c2ccsc2)C2=C1CN(CC(=O)NC1CCN(C)CC1)C2=O. The molecule has 0 saturated carbocycles. The molecule has 0 radical (unpaired) electrons. The summed E-state index contributed by atoms with van der Waals surface area (Å²) in [5, 5.41) is 9.89. The standard InChI is InChI=1S/C20H27N5O3S/c1-3-25-15-10-24(11-16(26)21-14-4-7-23(2)8-5-14)19(27)17(15)18(22-20(25)28)13-6-9-29-12-13/h6,9,12,14,18H,3-5,7-8,10-11H2,1-2H3,(H,21,26)(H,22,28). The number of carbonyl (C=O) groups excluding carboxylic acids is 3. The minimum atomic E-state index is -0.457. The number of thiophene rings is 1. The van der Waals surface area contributed by atoms with Gasteiger partial charge in [0.25, 0.3) is 5.91 Å². The summed E-state index contributed by atoms with van der Waals surface area (Å²) in [6, 6.07) is 1.42. The highest BCUT2D eigenvalue weighted by Crippen LogP contribution is 2.36. The van der Waals surface area contributed by atoms with Crippen molar-refractivity contribution in [3.05, 3.63) is 33.7 Å². The Morgan fingerprint density at radius 3 is 2.72 bits per heavy atom. The van der Waals surface area contributed by atoms with Gasteiger partial charge in [0, 0.05) is 12.6 Å². The zero-order valence-electron chi connectivity index (χ0n) is 16.8. The van der Waals surface area contributed by atoms with Crippen LogP contribution in [0.25, 0.3) is 0 Å². The lowest BCUT2D eigenvalue weighted by molar-refractivity contribution is -0.132. The molecule has 1 unspecified atom stereocenters. The molecule has 1 saturated heterocycles. The monoisotopic (exact) mass is 417 g/mol. The van der Waals surface area contributed by atoms with Gasteiger partial charge in [-0.1, -0.05) is 0 Å². The van der Waals surface area contributed by atoms with E-state index in [1.54, 1.807) is 9.80 Å². The van der Waals surface area contributed by atoms with Gasteiger partial charge in [0.2, 0.25) is 5.91 Å². The lowest BCUT2D eigenvalue weighted by Crippen LogP contribution is -2.47. The van der Waals surface area contributed by atoms with Crippen molar-refractivity contribution in [3.63, 3.8) is 0 Å². The number of hydrogen-bond donors (Lipinski definition) is 2. The number of likely N-dealkylation sites (tertiary alicyclic amines) is 1. The van der Waals surface area contributed by atoms with E-state index < -0.39 is 6.04 Å². The van der Waals surface area contributed by atoms with Crippen LogP contribution in [-0.4, -0.2) is 78.4 Å². The van der Waals surface area contributed by atoms with Crippen LogP contribution < -0.4 is 10.6 Å². The molecule has 0 aromatic carbocycles. The summed E-state index contributed by atoms with van der Waals surface area (Å²) in [5.41, 5.74) is 2.19. The molecule has 3 aliphatic heterocycles. The van der Waals surface area contributed by atoms with Crippen molar-refractivity contribution in [2.24, 2.45) is 0 Å². The van der Waals surface area contributed by atoms with Gasteiger partial charge >= 0.3 is 6.03 Å². The highest BCUT2D eigenvalue weighted by atomic mass is 32.1. The Balaban J connectivity index is 1.47. The van der Waals surface area contributed by atoms with Crippen LogP contribution in [0.1, 0.15) is 31.4 Å². The van der Waals surface area contributed by atoms with Gasteiger partial charge in [-0.05, 0) is 62.3 Å². The largest absolute Gasteiger partial charge is 0.352 e. The Kier molecular flexibility index (Phi) is 5.60. The van der Waals surface area contributed by atoms with Crippen LogP contribution in [0.4, 0.5) is 4.79 Å². The van der Waals surface area contributed by atoms with Gasteiger partial charge in [-0.2, -0.15) is 11.3 Å². The van der Waals surface area contributed by atoms with Crippen LogP contribution >= 0.6 is 11.3 Å². The molecule has 9 heteroatoms. The van der Waals surface area contributed by atoms with Crippen molar-refractivity contribution < 1.29 is 14.4 Å². The number of piperidine rings is 1. The molecule has 0 bridgehead atoms. The third-order valence-electron chi connectivity index (χ3n) is 5.91. The lowest BCUT2D eigenvalue weighted by atomic mass is 9.98. The van der Waals surface area contributed by atoms with Gasteiger partial charge in [0.1, 0.15) is 6.54 Å². The molecule has 156 valence electrons. The Morgan fingerprint density at radius 2 is 2.07 bits per heavy atom. The van der Waals surface area contributed by atoms with E-state index in [2.05, 4.69) is 22.6 Å². The first-order valence-corrected chi connectivity index (χ1v) is 11.0. The molecular formula is C20H27N5O3S. The molecule has 29 heavy (non-hydrogen) atoms. The molecule has 1 aromatic rings. The van der Waals surface area contributed by atoms with Crippen molar-refractivity contribution in [2.45, 2.75) is 31.8 Å². The second-order valence-corrected chi connectivity index (χ2v) is 8.63. The number of nitrogens with one attached hydrogen (secondary N) is 2. The molecular weight excluding hydrogens is 390 g/mol. The van der Waals surface area contributed by atoms with E-state index in [4.69, 9.17) is 0 Å². The first-order valence-electron chi connectivity index (χ1n) is 10.1. The average Bonchev–Trinajstić information content (AvgIpc) is 3.33. The zero-order valence-corrected chi connectivity index (χ0v) is 17.6. The summed E-state index contributed by atoms with van der Waals surface area (Å²) < 4.78 is 0. The fraction of sp³-hybridized carbons (Fsp3) is 0.550. The van der Waals surface area contributed by atoms with Crippen molar-refractivity contribution >= 4 is 29.2 Å². The van der Waals surface area contributed by atoms with E-state index >= 15 is 0 Å². The maximum absolute atomic E-state index is 13.2. The van der Waals surface area contributed by atoms with Crippen LogP contribution in [-0.2, 0) is 9.59 Å². The molecule has 1 fully saturated rings. The number of likely N-dealkylation sites (N-methyl/N-ethyl adjacent to an activating group) is 1. The average molecular weight is 418 g/mol. The predicted molar refractivity (Wildman–Crippen MR) is 110 cm³/mol. The summed E-state index contributed by atoms with van der Waals surface area (Å²) >= 11 is 1.53. The van der Waals surface area contributed by atoms with E-state index in [0.717, 1.165) is 31.5 Å². The number of carbonyl (C=O) groups is 3. The van der Waals surface area contributed by atoms with Crippen molar-refractivity contribution in [1.82, 2.24) is 25.3 Å². The first kappa shape index (κ1) is 19.9. The van der Waals surface area contributed by atoms with Crippen molar-refractivity contribution in [3.8, 4) is 0 Å². The highest BCUT2D eigenvalue weighted by Gasteiger charge is 2.44. The smallest absolute Gasteiger partial charge is 0.322 e. The topological polar surface area (TPSA) is 85.0 Å². The highest BCUT2D eigenvalue weighted by molar-refractivity contribution is 7.08. The minimum absolute atomic E-state index is 0.0142. The van der Waals surface area contributed by atoms with Crippen LogP contribution in [0.15, 0.2) is 28.1 Å². The summed E-state index contributed by atoms with van der Waals surface area (Å²) in [5.74, 6) is -0.310. The Bertz CT molecular complexity index is 829. The van der Waals surface area contributed by atoms with Gasteiger partial charge in [-0.25, -0.2) is 4.79 Å². The quantitative estimate of drug-likeness (QED) is 0.753. The molecule has 1 atom stereocenters. The maximum Gasteiger partial charge on any atom is 0.322 e. The van der Waals surface area contributed by atoms with Crippen LogP contribution in [0.3, 0.4) is 0 Å². The van der Waals surface area contributed by atoms with E-state index in [-0.39, 0.29) is 37.0 Å². The molecule has 8 nitrogen and oxygen atoms in total. The molecule has 0 aliphatic carbocycles. The second-order valence-electron chi connectivity index (χ2n) is 7.85. The van der Waals surface area contributed by atoms with E-state index in [9.17, 15) is 14.4 Å². The molecule has 4 rings (SSSR count). The van der Waals surface area contributed by atoms with Gasteiger partial charge in [0.15, 0.2) is 0 Å². The fourth-order valence-corrected chi connectivity index (χ4v) is 4.99. The Labute approximate surface area is 174 Å². The number of urea groups is 1. The Hall–Kier alpha value is -2.39. The predicted octanol–water partition coefficient (Wildman–Crippen LogP) is 1.14. The number of hydrogen-bond acceptors (Lipinski definition) is 5. The normalized spacial score (nSPS) is 23.4.